The zero-order valence-electron chi connectivity index (χ0n) is 6.66. The van der Waals surface area contributed by atoms with E-state index in [4.69, 9.17) is 10.2 Å². The number of aliphatic hydroxyl groups excluding tert-OH is 1. The standard InChI is InChI=1S/C8H14O3/c1-2-3-4-5-7(9)6-8(10)11/h2-3,7,9H,4-6H2,1H3,(H,10,11). The zero-order chi connectivity index (χ0) is 8.69. The van der Waals surface area contributed by atoms with Crippen LogP contribution in [0.15, 0.2) is 12.2 Å². The van der Waals surface area contributed by atoms with Gasteiger partial charge >= 0.3 is 5.97 Å². The molecule has 0 saturated carbocycles. The molecular formula is C8H14O3. The molecule has 0 amide bonds. The number of hydrogen-bond donors (Lipinski definition) is 2. The summed E-state index contributed by atoms with van der Waals surface area (Å²) in [6.45, 7) is 1.89. The normalized spacial score (nSPS) is 13.6. The van der Waals surface area contributed by atoms with Crippen molar-refractivity contribution in [3.63, 3.8) is 0 Å². The maximum absolute atomic E-state index is 10.1. The van der Waals surface area contributed by atoms with Gasteiger partial charge in [0.2, 0.25) is 0 Å². The van der Waals surface area contributed by atoms with Gasteiger partial charge in [-0.25, -0.2) is 0 Å². The molecule has 0 heterocycles. The smallest absolute Gasteiger partial charge is 0.305 e. The van der Waals surface area contributed by atoms with Crippen LogP contribution in [0, 0.1) is 0 Å². The Morgan fingerprint density at radius 3 is 2.73 bits per heavy atom. The minimum absolute atomic E-state index is 0.155. The molecular weight excluding hydrogens is 144 g/mol. The van der Waals surface area contributed by atoms with Gasteiger partial charge in [-0.3, -0.25) is 4.79 Å². The Labute approximate surface area is 66.4 Å². The lowest BCUT2D eigenvalue weighted by molar-refractivity contribution is -0.139. The quantitative estimate of drug-likeness (QED) is 0.590. The van der Waals surface area contributed by atoms with Crippen LogP contribution < -0.4 is 0 Å². The molecule has 1 unspecified atom stereocenters. The topological polar surface area (TPSA) is 57.5 Å². The molecule has 0 aliphatic rings. The summed E-state index contributed by atoms with van der Waals surface area (Å²) < 4.78 is 0. The average molecular weight is 158 g/mol. The van der Waals surface area contributed by atoms with E-state index < -0.39 is 12.1 Å². The number of carboxylic acid groups (broad SMARTS) is 1. The lowest BCUT2D eigenvalue weighted by Crippen LogP contribution is -2.11. The van der Waals surface area contributed by atoms with E-state index in [1.54, 1.807) is 0 Å². The molecule has 3 nitrogen and oxygen atoms in total. The fraction of sp³-hybridized carbons (Fsp3) is 0.625. The Morgan fingerprint density at radius 1 is 1.64 bits per heavy atom. The Bertz CT molecular complexity index is 140. The largest absolute Gasteiger partial charge is 0.481 e. The van der Waals surface area contributed by atoms with Crippen LogP contribution in [-0.4, -0.2) is 22.3 Å². The van der Waals surface area contributed by atoms with E-state index in [1.165, 1.54) is 0 Å². The first kappa shape index (κ1) is 10.2. The van der Waals surface area contributed by atoms with Crippen molar-refractivity contribution in [1.82, 2.24) is 0 Å². The summed E-state index contributed by atoms with van der Waals surface area (Å²) in [7, 11) is 0. The minimum atomic E-state index is -0.946. The number of carboxylic acids is 1. The second-order valence-corrected chi connectivity index (χ2v) is 2.40. The Hall–Kier alpha value is -0.830. The van der Waals surface area contributed by atoms with E-state index in [9.17, 15) is 4.79 Å². The van der Waals surface area contributed by atoms with E-state index in [2.05, 4.69) is 0 Å². The van der Waals surface area contributed by atoms with E-state index in [1.807, 2.05) is 19.1 Å². The first-order valence-corrected chi connectivity index (χ1v) is 3.67. The van der Waals surface area contributed by atoms with Gasteiger partial charge < -0.3 is 10.2 Å². The molecule has 0 spiro atoms. The van der Waals surface area contributed by atoms with Crippen LogP contribution in [0.3, 0.4) is 0 Å². The first-order chi connectivity index (χ1) is 5.16. The van der Waals surface area contributed by atoms with Crippen molar-refractivity contribution in [2.24, 2.45) is 0 Å². The summed E-state index contributed by atoms with van der Waals surface area (Å²) >= 11 is 0. The third kappa shape index (κ3) is 7.06. The highest BCUT2D eigenvalue weighted by Gasteiger charge is 2.07. The number of rotatable bonds is 5. The summed E-state index contributed by atoms with van der Waals surface area (Å²) in [6, 6.07) is 0. The van der Waals surface area contributed by atoms with Crippen LogP contribution in [0.1, 0.15) is 26.2 Å². The lowest BCUT2D eigenvalue weighted by atomic mass is 10.1. The van der Waals surface area contributed by atoms with Crippen LogP contribution in [-0.2, 0) is 4.79 Å². The van der Waals surface area contributed by atoms with Gasteiger partial charge in [-0.05, 0) is 19.8 Å². The van der Waals surface area contributed by atoms with Crippen molar-refractivity contribution in [2.75, 3.05) is 0 Å². The Balaban J connectivity index is 3.36. The van der Waals surface area contributed by atoms with Crippen molar-refractivity contribution in [2.45, 2.75) is 32.3 Å². The summed E-state index contributed by atoms with van der Waals surface area (Å²) in [5, 5.41) is 17.3. The van der Waals surface area contributed by atoms with Crippen molar-refractivity contribution in [1.29, 1.82) is 0 Å². The van der Waals surface area contributed by atoms with Crippen LogP contribution in [0.2, 0.25) is 0 Å². The summed E-state index contributed by atoms with van der Waals surface area (Å²) in [5.74, 6) is -0.946. The van der Waals surface area contributed by atoms with Gasteiger partial charge in [0.15, 0.2) is 0 Å². The molecule has 0 radical (unpaired) electrons. The molecule has 0 aromatic rings. The lowest BCUT2D eigenvalue weighted by Gasteiger charge is -2.03. The predicted molar refractivity (Wildman–Crippen MR) is 42.3 cm³/mol. The number of aliphatic carboxylic acids is 1. The molecule has 0 fully saturated rings. The van der Waals surface area contributed by atoms with Crippen LogP contribution in [0.5, 0.6) is 0 Å². The van der Waals surface area contributed by atoms with Crippen LogP contribution in [0.25, 0.3) is 0 Å². The predicted octanol–water partition coefficient (Wildman–Crippen LogP) is 1.18. The maximum Gasteiger partial charge on any atom is 0.305 e. The van der Waals surface area contributed by atoms with Gasteiger partial charge in [-0.15, -0.1) is 0 Å². The summed E-state index contributed by atoms with van der Waals surface area (Å²) in [4.78, 5) is 10.1. The number of aliphatic hydroxyl groups is 1. The Morgan fingerprint density at radius 2 is 2.27 bits per heavy atom. The second kappa shape index (κ2) is 5.92. The van der Waals surface area contributed by atoms with Gasteiger partial charge in [0, 0.05) is 0 Å². The number of carbonyl (C=O) groups is 1. The SMILES string of the molecule is CC=CCCC(O)CC(=O)O. The first-order valence-electron chi connectivity index (χ1n) is 3.67. The van der Waals surface area contributed by atoms with E-state index in [0.717, 1.165) is 6.42 Å². The molecule has 0 rings (SSSR count). The fourth-order valence-corrected chi connectivity index (χ4v) is 0.759. The highest BCUT2D eigenvalue weighted by atomic mass is 16.4. The third-order valence-corrected chi connectivity index (χ3v) is 1.31. The zero-order valence-corrected chi connectivity index (χ0v) is 6.66. The molecule has 0 saturated heterocycles. The monoisotopic (exact) mass is 158 g/mol. The fourth-order valence-electron chi connectivity index (χ4n) is 0.759. The third-order valence-electron chi connectivity index (χ3n) is 1.31. The molecule has 0 bridgehead atoms. The molecule has 64 valence electrons. The van der Waals surface area contributed by atoms with Gasteiger partial charge in [-0.1, -0.05) is 12.2 Å². The van der Waals surface area contributed by atoms with Crippen LogP contribution in [0.4, 0.5) is 0 Å². The Kier molecular flexibility index (Phi) is 5.47. The molecule has 0 aromatic carbocycles. The van der Waals surface area contributed by atoms with Crippen molar-refractivity contribution in [3.05, 3.63) is 12.2 Å². The summed E-state index contributed by atoms with van der Waals surface area (Å²) in [5.41, 5.74) is 0. The summed E-state index contributed by atoms with van der Waals surface area (Å²) in [6.07, 6.45) is 4.20. The number of allylic oxidation sites excluding steroid dienone is 2. The van der Waals surface area contributed by atoms with E-state index in [-0.39, 0.29) is 6.42 Å². The highest BCUT2D eigenvalue weighted by Crippen LogP contribution is 2.01. The van der Waals surface area contributed by atoms with Gasteiger partial charge in [0.1, 0.15) is 0 Å². The van der Waals surface area contributed by atoms with Crippen molar-refractivity contribution in [3.8, 4) is 0 Å². The molecule has 2 N–H and O–H groups in total. The van der Waals surface area contributed by atoms with Crippen LogP contribution >= 0.6 is 0 Å². The van der Waals surface area contributed by atoms with Gasteiger partial charge in [0.25, 0.3) is 0 Å². The highest BCUT2D eigenvalue weighted by molar-refractivity contribution is 5.67. The molecule has 11 heavy (non-hydrogen) atoms. The minimum Gasteiger partial charge on any atom is -0.481 e. The average Bonchev–Trinajstić information content (AvgIpc) is 1.86. The van der Waals surface area contributed by atoms with Crippen molar-refractivity contribution < 1.29 is 15.0 Å². The molecule has 0 aliphatic carbocycles. The van der Waals surface area contributed by atoms with Gasteiger partial charge in [-0.2, -0.15) is 0 Å². The maximum atomic E-state index is 10.1. The second-order valence-electron chi connectivity index (χ2n) is 2.40. The van der Waals surface area contributed by atoms with Crippen molar-refractivity contribution >= 4 is 5.97 Å². The van der Waals surface area contributed by atoms with Gasteiger partial charge in [0.05, 0.1) is 12.5 Å². The molecule has 1 atom stereocenters. The van der Waals surface area contributed by atoms with E-state index in [0.29, 0.717) is 6.42 Å². The molecule has 3 heteroatoms. The van der Waals surface area contributed by atoms with E-state index >= 15 is 0 Å². The molecule has 0 aromatic heterocycles. The molecule has 0 aliphatic heterocycles. The number of hydrogen-bond acceptors (Lipinski definition) is 2.